The summed E-state index contributed by atoms with van der Waals surface area (Å²) in [4.78, 5) is 52.9. The maximum absolute atomic E-state index is 13.3. The van der Waals surface area contributed by atoms with Gasteiger partial charge in [-0.2, -0.15) is 0 Å². The highest BCUT2D eigenvalue weighted by Gasteiger charge is 2.74. The molecule has 3 rings (SSSR count). The summed E-state index contributed by atoms with van der Waals surface area (Å²) in [5.74, 6) is -2.22. The Morgan fingerprint density at radius 1 is 0.757 bits per heavy atom. The molecule has 0 amide bonds. The molecule has 0 spiro atoms. The smallest absolute Gasteiger partial charge is 0.324 e. The van der Waals surface area contributed by atoms with Crippen LogP contribution in [0.15, 0.2) is 22.9 Å². The van der Waals surface area contributed by atoms with E-state index in [2.05, 4.69) is 31.4 Å². The fraction of sp³-hybridized carbons (Fsp3) is 0.714. The Morgan fingerprint density at radius 2 is 1.22 bits per heavy atom. The zero-order valence-corrected chi connectivity index (χ0v) is 24.4. The standard InChI is InChI=1S/C28H42O8Si/c1-8-33-22(29)26(23(30)34-9-2)14-19(12-13-37(5,6)7)21(17-26)27-15-20(27)16-28(18-27,24(31)35-10-3)25(32)36-11-4/h12-13,20H,8-11,14-18H2,1-7H3/b13-12+/t20-,27-/m1/s1. The molecule has 0 bridgehead atoms. The zero-order chi connectivity index (χ0) is 27.6. The van der Waals surface area contributed by atoms with E-state index in [0.717, 1.165) is 17.6 Å². The Hall–Kier alpha value is -2.42. The lowest BCUT2D eigenvalue weighted by Gasteiger charge is -2.29. The van der Waals surface area contributed by atoms with E-state index in [-0.39, 0.29) is 51.6 Å². The summed E-state index contributed by atoms with van der Waals surface area (Å²) in [5, 5.41) is 0. The predicted octanol–water partition coefficient (Wildman–Crippen LogP) is 4.54. The van der Waals surface area contributed by atoms with Crippen molar-refractivity contribution in [3.8, 4) is 0 Å². The van der Waals surface area contributed by atoms with Gasteiger partial charge in [0.15, 0.2) is 10.8 Å². The van der Waals surface area contributed by atoms with E-state index in [1.165, 1.54) is 0 Å². The fourth-order valence-electron chi connectivity index (χ4n) is 6.13. The average molecular weight is 535 g/mol. The molecule has 2 fully saturated rings. The van der Waals surface area contributed by atoms with Gasteiger partial charge in [0, 0.05) is 0 Å². The minimum absolute atomic E-state index is 0.0618. The van der Waals surface area contributed by atoms with Gasteiger partial charge in [0.1, 0.15) is 0 Å². The molecule has 206 valence electrons. The van der Waals surface area contributed by atoms with Crippen molar-refractivity contribution in [3.05, 3.63) is 22.9 Å². The Morgan fingerprint density at radius 3 is 1.65 bits per heavy atom. The van der Waals surface area contributed by atoms with Gasteiger partial charge in [0.2, 0.25) is 0 Å². The number of carbonyl (C=O) groups excluding carboxylic acids is 4. The van der Waals surface area contributed by atoms with E-state index in [0.29, 0.717) is 6.42 Å². The van der Waals surface area contributed by atoms with Crippen molar-refractivity contribution in [3.63, 3.8) is 0 Å². The SMILES string of the molecule is CCOC(=O)C1(C(=O)OCC)CC(/C=C/[Si](C)(C)C)=C([C@@]23C[C@@H]2CC(C(=O)OCC)(C(=O)OCC)C3)C1. The zero-order valence-electron chi connectivity index (χ0n) is 23.4. The number of carbonyl (C=O) groups is 4. The number of allylic oxidation sites excluding steroid dienone is 3. The molecule has 0 aromatic heterocycles. The third-order valence-electron chi connectivity index (χ3n) is 7.85. The second-order valence-electron chi connectivity index (χ2n) is 11.5. The largest absolute Gasteiger partial charge is 0.465 e. The summed E-state index contributed by atoms with van der Waals surface area (Å²) in [6.45, 7) is 14.1. The summed E-state index contributed by atoms with van der Waals surface area (Å²) >= 11 is 0. The van der Waals surface area contributed by atoms with Crippen molar-refractivity contribution in [1.82, 2.24) is 0 Å². The Bertz CT molecular complexity index is 968. The first-order valence-electron chi connectivity index (χ1n) is 13.5. The third-order valence-corrected chi connectivity index (χ3v) is 9.02. The predicted molar refractivity (Wildman–Crippen MR) is 140 cm³/mol. The Labute approximate surface area is 221 Å². The number of rotatable bonds is 11. The van der Waals surface area contributed by atoms with Gasteiger partial charge in [0.05, 0.1) is 34.5 Å². The maximum atomic E-state index is 13.3. The molecule has 0 N–H and O–H groups in total. The van der Waals surface area contributed by atoms with Crippen molar-refractivity contribution in [2.24, 2.45) is 22.2 Å². The highest BCUT2D eigenvalue weighted by Crippen LogP contribution is 2.75. The molecule has 0 aromatic rings. The molecule has 0 saturated heterocycles. The Kier molecular flexibility index (Phi) is 8.46. The van der Waals surface area contributed by atoms with Crippen molar-refractivity contribution >= 4 is 32.0 Å². The van der Waals surface area contributed by atoms with Crippen LogP contribution in [0, 0.1) is 22.2 Å². The summed E-state index contributed by atoms with van der Waals surface area (Å²) in [6, 6.07) is 0. The third kappa shape index (κ3) is 5.29. The topological polar surface area (TPSA) is 105 Å². The van der Waals surface area contributed by atoms with E-state index in [1.54, 1.807) is 27.7 Å². The minimum atomic E-state index is -1.62. The highest BCUT2D eigenvalue weighted by molar-refractivity contribution is 6.81. The normalized spacial score (nSPS) is 25.5. The molecule has 8 nitrogen and oxygen atoms in total. The van der Waals surface area contributed by atoms with Crippen LogP contribution < -0.4 is 0 Å². The quantitative estimate of drug-likeness (QED) is 0.165. The van der Waals surface area contributed by atoms with E-state index in [4.69, 9.17) is 18.9 Å². The van der Waals surface area contributed by atoms with Gasteiger partial charge >= 0.3 is 23.9 Å². The molecule has 0 aromatic carbocycles. The molecular formula is C28H42O8Si. The molecule has 37 heavy (non-hydrogen) atoms. The van der Waals surface area contributed by atoms with E-state index in [1.807, 2.05) is 0 Å². The van der Waals surface area contributed by atoms with E-state index >= 15 is 0 Å². The van der Waals surface area contributed by atoms with Crippen LogP contribution in [0.1, 0.15) is 59.8 Å². The summed E-state index contributed by atoms with van der Waals surface area (Å²) < 4.78 is 21.5. The Balaban J connectivity index is 2.10. The molecule has 0 aliphatic heterocycles. The van der Waals surface area contributed by atoms with Crippen molar-refractivity contribution in [1.29, 1.82) is 0 Å². The van der Waals surface area contributed by atoms with Crippen molar-refractivity contribution < 1.29 is 38.1 Å². The first kappa shape index (κ1) is 29.1. The van der Waals surface area contributed by atoms with Crippen LogP contribution in [0.5, 0.6) is 0 Å². The molecule has 0 radical (unpaired) electrons. The van der Waals surface area contributed by atoms with Crippen molar-refractivity contribution in [2.45, 2.75) is 79.4 Å². The van der Waals surface area contributed by atoms with Gasteiger partial charge in [0.25, 0.3) is 0 Å². The molecule has 2 atom stereocenters. The van der Waals surface area contributed by atoms with Crippen LogP contribution in [-0.2, 0) is 38.1 Å². The van der Waals surface area contributed by atoms with E-state index < -0.39 is 48.2 Å². The molecule has 9 heteroatoms. The fourth-order valence-corrected chi connectivity index (χ4v) is 6.83. The number of esters is 4. The van der Waals surface area contributed by atoms with Crippen LogP contribution in [0.2, 0.25) is 19.6 Å². The lowest BCUT2D eigenvalue weighted by molar-refractivity contribution is -0.174. The van der Waals surface area contributed by atoms with Gasteiger partial charge in [-0.3, -0.25) is 19.2 Å². The monoisotopic (exact) mass is 534 g/mol. The molecule has 3 aliphatic carbocycles. The first-order valence-corrected chi connectivity index (χ1v) is 17.0. The van der Waals surface area contributed by atoms with Crippen LogP contribution >= 0.6 is 0 Å². The number of ether oxygens (including phenoxy) is 4. The molecular weight excluding hydrogens is 492 g/mol. The second-order valence-corrected chi connectivity index (χ2v) is 16.6. The minimum Gasteiger partial charge on any atom is -0.465 e. The number of fused-ring (bicyclic) bond motifs is 1. The molecule has 0 heterocycles. The van der Waals surface area contributed by atoms with E-state index in [9.17, 15) is 19.2 Å². The van der Waals surface area contributed by atoms with Gasteiger partial charge < -0.3 is 18.9 Å². The number of hydrogen-bond donors (Lipinski definition) is 0. The lowest BCUT2D eigenvalue weighted by Crippen LogP contribution is -2.42. The van der Waals surface area contributed by atoms with Gasteiger partial charge in [-0.15, -0.1) is 0 Å². The molecule has 2 saturated carbocycles. The van der Waals surface area contributed by atoms with Crippen LogP contribution in [0.25, 0.3) is 0 Å². The summed E-state index contributed by atoms with van der Waals surface area (Å²) in [5.41, 5.74) is 0.745. The van der Waals surface area contributed by atoms with Gasteiger partial charge in [-0.25, -0.2) is 0 Å². The average Bonchev–Trinajstić information content (AvgIpc) is 3.19. The second kappa shape index (κ2) is 10.7. The summed E-state index contributed by atoms with van der Waals surface area (Å²) in [7, 11) is -1.62. The van der Waals surface area contributed by atoms with Crippen LogP contribution in [0.4, 0.5) is 0 Å². The first-order chi connectivity index (χ1) is 17.4. The lowest BCUT2D eigenvalue weighted by atomic mass is 9.76. The van der Waals surface area contributed by atoms with Gasteiger partial charge in [-0.05, 0) is 76.7 Å². The van der Waals surface area contributed by atoms with Crippen LogP contribution in [-0.4, -0.2) is 58.4 Å². The van der Waals surface area contributed by atoms with Gasteiger partial charge in [-0.1, -0.05) is 37.0 Å². The highest BCUT2D eigenvalue weighted by atomic mass is 28.3. The number of hydrogen-bond acceptors (Lipinski definition) is 8. The molecule has 0 unspecified atom stereocenters. The van der Waals surface area contributed by atoms with Crippen molar-refractivity contribution in [2.75, 3.05) is 26.4 Å². The maximum Gasteiger partial charge on any atom is 0.324 e. The summed E-state index contributed by atoms with van der Waals surface area (Å²) in [6.07, 6.45) is 3.78. The van der Waals surface area contributed by atoms with Crippen LogP contribution in [0.3, 0.4) is 0 Å². The molecule has 3 aliphatic rings.